The van der Waals surface area contributed by atoms with Gasteiger partial charge in [-0.15, -0.1) is 0 Å². The first kappa shape index (κ1) is 25.9. The van der Waals surface area contributed by atoms with Crippen LogP contribution in [0, 0.1) is 10.1 Å². The number of nitro benzene ring substituents is 1. The quantitative estimate of drug-likeness (QED) is 0.183. The lowest BCUT2D eigenvalue weighted by molar-refractivity contribution is -0.384. The van der Waals surface area contributed by atoms with E-state index in [0.29, 0.717) is 16.9 Å². The minimum atomic E-state index is -3.84. The van der Waals surface area contributed by atoms with Crippen LogP contribution in [0.3, 0.4) is 0 Å². The van der Waals surface area contributed by atoms with Crippen molar-refractivity contribution in [1.82, 2.24) is 5.43 Å². The number of nitrogens with zero attached hydrogens (tertiary/aromatic N) is 3. The summed E-state index contributed by atoms with van der Waals surface area (Å²) in [6, 6.07) is 23.5. The third-order valence-electron chi connectivity index (χ3n) is 6.05. The Hall–Kier alpha value is -4.72. The Kier molecular flexibility index (Phi) is 6.78. The van der Waals surface area contributed by atoms with Gasteiger partial charge in [-0.1, -0.05) is 36.4 Å². The first-order valence-corrected chi connectivity index (χ1v) is 13.4. The van der Waals surface area contributed by atoms with Crippen molar-refractivity contribution in [3.05, 3.63) is 106 Å². The Bertz CT molecular complexity index is 1790. The van der Waals surface area contributed by atoms with Crippen LogP contribution in [0.1, 0.15) is 11.1 Å². The highest BCUT2D eigenvalue weighted by Gasteiger charge is 2.35. The Morgan fingerprint density at radius 1 is 1.00 bits per heavy atom. The molecule has 0 fully saturated rings. The molecule has 0 atom stereocenters. The van der Waals surface area contributed by atoms with E-state index in [2.05, 4.69) is 15.8 Å². The van der Waals surface area contributed by atoms with Crippen molar-refractivity contribution in [2.75, 3.05) is 10.2 Å². The van der Waals surface area contributed by atoms with Crippen LogP contribution >= 0.6 is 12.2 Å². The SMILES string of the molecule is NS(=O)(=O)c1ccc(NC(=S)NN=C2C(=O)N(Cc3ccc4ccccc4c3)c3ccc([N+](=O)[O-])cc32)cc1. The van der Waals surface area contributed by atoms with Crippen LogP contribution in [-0.4, -0.2) is 30.1 Å². The first-order valence-electron chi connectivity index (χ1n) is 11.5. The highest BCUT2D eigenvalue weighted by atomic mass is 32.2. The number of nitrogens with two attached hydrogens (primary N) is 1. The van der Waals surface area contributed by atoms with Crippen molar-refractivity contribution >= 4 is 66.8 Å². The van der Waals surface area contributed by atoms with Gasteiger partial charge < -0.3 is 10.2 Å². The van der Waals surface area contributed by atoms with Gasteiger partial charge in [0, 0.05) is 23.4 Å². The number of sulfonamides is 1. The maximum Gasteiger partial charge on any atom is 0.279 e. The van der Waals surface area contributed by atoms with Gasteiger partial charge in [0.1, 0.15) is 0 Å². The summed E-state index contributed by atoms with van der Waals surface area (Å²) < 4.78 is 22.9. The lowest BCUT2D eigenvalue weighted by Crippen LogP contribution is -2.32. The Balaban J connectivity index is 1.40. The molecule has 4 N–H and O–H groups in total. The second kappa shape index (κ2) is 10.2. The van der Waals surface area contributed by atoms with Crippen LogP contribution in [0.15, 0.2) is 94.9 Å². The maximum atomic E-state index is 13.5. The van der Waals surface area contributed by atoms with Crippen LogP contribution in [0.25, 0.3) is 10.8 Å². The molecule has 1 aliphatic rings. The van der Waals surface area contributed by atoms with Crippen molar-refractivity contribution in [2.45, 2.75) is 11.4 Å². The largest absolute Gasteiger partial charge is 0.331 e. The number of amides is 1. The van der Waals surface area contributed by atoms with Crippen molar-refractivity contribution in [3.63, 3.8) is 0 Å². The lowest BCUT2D eigenvalue weighted by Gasteiger charge is -2.17. The fourth-order valence-electron chi connectivity index (χ4n) is 4.19. The minimum absolute atomic E-state index is 0.0126. The van der Waals surface area contributed by atoms with E-state index >= 15 is 0 Å². The van der Waals surface area contributed by atoms with Gasteiger partial charge >= 0.3 is 0 Å². The smallest absolute Gasteiger partial charge is 0.279 e. The number of fused-ring (bicyclic) bond motifs is 2. The molecule has 5 rings (SSSR count). The van der Waals surface area contributed by atoms with Gasteiger partial charge in [-0.05, 0) is 65.0 Å². The summed E-state index contributed by atoms with van der Waals surface area (Å²) in [6.07, 6.45) is 0. The molecule has 11 nitrogen and oxygen atoms in total. The lowest BCUT2D eigenvalue weighted by atomic mass is 10.1. The Labute approximate surface area is 228 Å². The number of hydrogen-bond acceptors (Lipinski definition) is 7. The molecule has 1 aliphatic heterocycles. The van der Waals surface area contributed by atoms with Gasteiger partial charge in [0.2, 0.25) is 10.0 Å². The number of rotatable bonds is 6. The third kappa shape index (κ3) is 5.45. The Morgan fingerprint density at radius 3 is 2.41 bits per heavy atom. The number of carbonyl (C=O) groups is 1. The minimum Gasteiger partial charge on any atom is -0.331 e. The summed E-state index contributed by atoms with van der Waals surface area (Å²) >= 11 is 5.26. The highest BCUT2D eigenvalue weighted by molar-refractivity contribution is 7.89. The number of thiocarbonyl (C=S) groups is 1. The van der Waals surface area contributed by atoms with E-state index in [-0.39, 0.29) is 28.0 Å². The first-order chi connectivity index (χ1) is 18.6. The number of nitrogens with one attached hydrogen (secondary N) is 2. The van der Waals surface area contributed by atoms with E-state index in [1.807, 2.05) is 42.5 Å². The molecule has 0 unspecified atom stereocenters. The summed E-state index contributed by atoms with van der Waals surface area (Å²) in [5.74, 6) is -0.452. The zero-order chi connectivity index (χ0) is 27.7. The van der Waals surface area contributed by atoms with E-state index in [0.717, 1.165) is 16.3 Å². The zero-order valence-corrected chi connectivity index (χ0v) is 21.7. The number of benzene rings is 4. The molecule has 196 valence electrons. The molecule has 0 bridgehead atoms. The normalized spacial score (nSPS) is 13.9. The second-order valence-electron chi connectivity index (χ2n) is 8.63. The molecule has 0 radical (unpaired) electrons. The summed E-state index contributed by atoms with van der Waals surface area (Å²) in [4.78, 5) is 25.8. The van der Waals surface area contributed by atoms with E-state index in [1.165, 1.54) is 47.4 Å². The molecule has 0 saturated heterocycles. The summed E-state index contributed by atoms with van der Waals surface area (Å²) in [5.41, 5.74) is 4.48. The molecule has 39 heavy (non-hydrogen) atoms. The van der Waals surface area contributed by atoms with Crippen LogP contribution in [0.2, 0.25) is 0 Å². The predicted molar refractivity (Wildman–Crippen MR) is 152 cm³/mol. The van der Waals surface area contributed by atoms with E-state index < -0.39 is 20.9 Å². The van der Waals surface area contributed by atoms with E-state index in [9.17, 15) is 23.3 Å². The zero-order valence-electron chi connectivity index (χ0n) is 20.1. The van der Waals surface area contributed by atoms with Crippen molar-refractivity contribution < 1.29 is 18.1 Å². The number of carbonyl (C=O) groups excluding carboxylic acids is 1. The molecular formula is C26H20N6O5S2. The van der Waals surface area contributed by atoms with Crippen molar-refractivity contribution in [2.24, 2.45) is 10.2 Å². The van der Waals surface area contributed by atoms with Gasteiger partial charge in [0.15, 0.2) is 10.8 Å². The Morgan fingerprint density at radius 2 is 1.72 bits per heavy atom. The number of primary sulfonamides is 1. The molecule has 0 aliphatic carbocycles. The fourth-order valence-corrected chi connectivity index (χ4v) is 4.87. The van der Waals surface area contributed by atoms with Crippen LogP contribution in [0.5, 0.6) is 0 Å². The van der Waals surface area contributed by atoms with E-state index in [4.69, 9.17) is 17.4 Å². The summed E-state index contributed by atoms with van der Waals surface area (Å²) in [6.45, 7) is 0.229. The number of hydrogen-bond donors (Lipinski definition) is 3. The average Bonchev–Trinajstić information content (AvgIpc) is 3.16. The number of nitro groups is 1. The monoisotopic (exact) mass is 560 g/mol. The molecule has 0 spiro atoms. The number of hydrazone groups is 1. The summed E-state index contributed by atoms with van der Waals surface area (Å²) in [5, 5.41) is 25.6. The van der Waals surface area contributed by atoms with Crippen LogP contribution in [0.4, 0.5) is 17.1 Å². The second-order valence-corrected chi connectivity index (χ2v) is 10.6. The van der Waals surface area contributed by atoms with Gasteiger partial charge in [-0.2, -0.15) is 5.10 Å². The molecule has 13 heteroatoms. The number of non-ortho nitro benzene ring substituents is 1. The maximum absolute atomic E-state index is 13.5. The number of anilines is 2. The average molecular weight is 561 g/mol. The van der Waals surface area contributed by atoms with Gasteiger partial charge in [-0.3, -0.25) is 20.3 Å². The van der Waals surface area contributed by atoms with Gasteiger partial charge in [0.25, 0.3) is 11.6 Å². The van der Waals surface area contributed by atoms with Crippen LogP contribution < -0.4 is 20.8 Å². The molecular weight excluding hydrogens is 540 g/mol. The molecule has 4 aromatic rings. The van der Waals surface area contributed by atoms with Crippen LogP contribution in [-0.2, 0) is 21.4 Å². The molecule has 1 amide bonds. The fraction of sp³-hybridized carbons (Fsp3) is 0.0385. The molecule has 4 aromatic carbocycles. The molecule has 1 heterocycles. The predicted octanol–water partition coefficient (Wildman–Crippen LogP) is 3.63. The van der Waals surface area contributed by atoms with Crippen molar-refractivity contribution in [3.8, 4) is 0 Å². The summed E-state index contributed by atoms with van der Waals surface area (Å²) in [7, 11) is -3.84. The van der Waals surface area contributed by atoms with Crippen molar-refractivity contribution in [1.29, 1.82) is 0 Å². The highest BCUT2D eigenvalue weighted by Crippen LogP contribution is 2.34. The standard InChI is InChI=1S/C26H20N6O5S2/c27-39(36,37)21-10-7-19(8-11-21)28-26(38)30-29-24-22-14-20(32(34)35)9-12-23(22)31(25(24)33)15-16-5-6-17-3-1-2-4-18(17)13-16/h1-14H,15H2,(H2,27,36,37)(H2,28,30,38). The van der Waals surface area contributed by atoms with E-state index in [1.54, 1.807) is 0 Å². The topological polar surface area (TPSA) is 160 Å². The molecule has 0 saturated carbocycles. The third-order valence-corrected chi connectivity index (χ3v) is 7.17. The molecule has 0 aromatic heterocycles. The van der Waals surface area contributed by atoms with Gasteiger partial charge in [-0.25, -0.2) is 13.6 Å². The van der Waals surface area contributed by atoms with Gasteiger partial charge in [0.05, 0.1) is 22.1 Å².